The molecule has 128 valence electrons. The van der Waals surface area contributed by atoms with Gasteiger partial charge >= 0.3 is 0 Å². The first-order chi connectivity index (χ1) is 10.7. The van der Waals surface area contributed by atoms with E-state index in [1.807, 2.05) is 52.4 Å². The minimum Gasteiger partial charge on any atom is -0.324 e. The highest BCUT2D eigenvalue weighted by Gasteiger charge is 2.14. The third-order valence-corrected chi connectivity index (χ3v) is 5.73. The molecule has 3 N–H and O–H groups in total. The molecule has 0 radical (unpaired) electrons. The molecule has 7 heteroatoms. The summed E-state index contributed by atoms with van der Waals surface area (Å²) in [6, 6.07) is 2.04. The molecule has 4 nitrogen and oxygen atoms in total. The number of hydrogen-bond donors (Lipinski definition) is 2. The van der Waals surface area contributed by atoms with Gasteiger partial charge in [-0.25, -0.2) is 4.31 Å². The van der Waals surface area contributed by atoms with E-state index in [1.165, 1.54) is 15.7 Å². The molecule has 1 aromatic rings. The molecular weight excluding hydrogens is 334 g/mol. The Morgan fingerprint density at radius 1 is 1.32 bits per heavy atom. The third-order valence-electron chi connectivity index (χ3n) is 2.54. The summed E-state index contributed by atoms with van der Waals surface area (Å²) in [6.45, 7) is 12.3. The van der Waals surface area contributed by atoms with E-state index in [2.05, 4.69) is 9.62 Å². The molecule has 2 rings (SSSR count). The predicted octanol–water partition coefficient (Wildman–Crippen LogP) is 4.06. The van der Waals surface area contributed by atoms with Crippen LogP contribution in [0.15, 0.2) is 10.3 Å². The zero-order chi connectivity index (χ0) is 17.0. The van der Waals surface area contributed by atoms with Crippen LogP contribution in [0.1, 0.15) is 32.6 Å². The second-order valence-electron chi connectivity index (χ2n) is 3.92. The van der Waals surface area contributed by atoms with Gasteiger partial charge in [-0.15, -0.1) is 11.3 Å². The largest absolute Gasteiger partial charge is 0.324 e. The van der Waals surface area contributed by atoms with E-state index in [9.17, 15) is 4.79 Å². The first-order valence-corrected chi connectivity index (χ1v) is 10.5. The van der Waals surface area contributed by atoms with Crippen LogP contribution in [0, 0.1) is 6.92 Å². The molecule has 1 aliphatic heterocycles. The van der Waals surface area contributed by atoms with Crippen LogP contribution in [0.5, 0.6) is 0 Å². The molecule has 22 heavy (non-hydrogen) atoms. The van der Waals surface area contributed by atoms with Crippen LogP contribution in [0.4, 0.5) is 5.69 Å². The average Bonchev–Trinajstić information content (AvgIpc) is 2.91. The summed E-state index contributed by atoms with van der Waals surface area (Å²) in [5.74, 6) is 2.27. The van der Waals surface area contributed by atoms with Crippen molar-refractivity contribution in [1.29, 1.82) is 0 Å². The summed E-state index contributed by atoms with van der Waals surface area (Å²) in [5, 5.41) is 2.83. The van der Waals surface area contributed by atoms with Crippen LogP contribution in [0.2, 0.25) is 0 Å². The van der Waals surface area contributed by atoms with Gasteiger partial charge in [-0.2, -0.15) is 11.8 Å². The Bertz CT molecular complexity index is 418. The maximum Gasteiger partial charge on any atom is 0.238 e. The number of rotatable bonds is 4. The summed E-state index contributed by atoms with van der Waals surface area (Å²) in [4.78, 5) is 12.4. The van der Waals surface area contributed by atoms with Crippen LogP contribution in [0.3, 0.4) is 0 Å². The first kappa shape index (κ1) is 21.8. The fourth-order valence-electron chi connectivity index (χ4n) is 1.59. The van der Waals surface area contributed by atoms with Gasteiger partial charge in [-0.05, 0) is 24.9 Å². The van der Waals surface area contributed by atoms with Gasteiger partial charge in [0, 0.05) is 29.5 Å². The second-order valence-corrected chi connectivity index (χ2v) is 7.80. The normalized spacial score (nSPS) is 14.3. The molecule has 0 unspecified atom stereocenters. The van der Waals surface area contributed by atoms with Crippen molar-refractivity contribution in [1.82, 2.24) is 4.31 Å². The van der Waals surface area contributed by atoms with E-state index in [1.54, 1.807) is 23.3 Å². The molecule has 1 fully saturated rings. The quantitative estimate of drug-likeness (QED) is 0.790. The topological polar surface area (TPSA) is 58.4 Å². The van der Waals surface area contributed by atoms with Gasteiger partial charge < -0.3 is 11.1 Å². The first-order valence-electron chi connectivity index (χ1n) is 7.80. The lowest BCUT2D eigenvalue weighted by Crippen LogP contribution is -2.26. The number of carbonyl (C=O) groups excluding carboxylic acids is 1. The van der Waals surface area contributed by atoms with E-state index < -0.39 is 0 Å². The van der Waals surface area contributed by atoms with Crippen molar-refractivity contribution in [2.24, 2.45) is 5.73 Å². The highest BCUT2D eigenvalue weighted by molar-refractivity contribution is 8.00. The zero-order valence-corrected chi connectivity index (χ0v) is 16.7. The van der Waals surface area contributed by atoms with Crippen LogP contribution >= 0.6 is 35.0 Å². The Kier molecular flexibility index (Phi) is 13.1. The molecule has 1 amide bonds. The highest BCUT2D eigenvalue weighted by atomic mass is 32.2. The molecule has 1 aromatic heterocycles. The van der Waals surface area contributed by atoms with Gasteiger partial charge in [0.25, 0.3) is 0 Å². The van der Waals surface area contributed by atoms with Gasteiger partial charge in [0.15, 0.2) is 0 Å². The van der Waals surface area contributed by atoms with E-state index >= 15 is 0 Å². The summed E-state index contributed by atoms with van der Waals surface area (Å²) < 4.78 is 3.61. The fraction of sp³-hybridized carbons (Fsp3) is 0.667. The number of thiophene rings is 1. The zero-order valence-electron chi connectivity index (χ0n) is 14.3. The standard InChI is InChI=1S/C11H17N3OS3.2C2H6/c1-8-9(13-10(15)7-12)6-11(17-8)18-14-2-4-16-5-3-14;2*1-2/h6H,2-5,7,12H2,1H3,(H,13,15);2*1-2H3. The summed E-state index contributed by atoms with van der Waals surface area (Å²) in [7, 11) is 0. The molecule has 0 atom stereocenters. The van der Waals surface area contributed by atoms with Crippen LogP contribution in [0.25, 0.3) is 0 Å². The number of nitrogens with two attached hydrogens (primary N) is 1. The van der Waals surface area contributed by atoms with Crippen molar-refractivity contribution in [3.8, 4) is 0 Å². The monoisotopic (exact) mass is 363 g/mol. The molecule has 1 aliphatic rings. The second kappa shape index (κ2) is 13.2. The number of nitrogens with zero attached hydrogens (tertiary/aromatic N) is 1. The van der Waals surface area contributed by atoms with E-state index in [-0.39, 0.29) is 12.5 Å². The Morgan fingerprint density at radius 3 is 2.45 bits per heavy atom. The number of thioether (sulfide) groups is 1. The number of amides is 1. The Hall–Kier alpha value is -0.210. The molecule has 0 spiro atoms. The van der Waals surface area contributed by atoms with E-state index in [4.69, 9.17) is 5.73 Å². The van der Waals surface area contributed by atoms with Crippen LogP contribution < -0.4 is 11.1 Å². The van der Waals surface area contributed by atoms with Crippen molar-refractivity contribution < 1.29 is 4.79 Å². The van der Waals surface area contributed by atoms with Crippen LogP contribution in [-0.2, 0) is 4.79 Å². The van der Waals surface area contributed by atoms with E-state index in [0.29, 0.717) is 0 Å². The van der Waals surface area contributed by atoms with Crippen molar-refractivity contribution in [3.05, 3.63) is 10.9 Å². The molecule has 0 saturated carbocycles. The average molecular weight is 364 g/mol. The molecule has 0 bridgehead atoms. The SMILES string of the molecule is CC.CC.Cc1sc(SN2CCSCC2)cc1NC(=O)CN. The van der Waals surface area contributed by atoms with Gasteiger partial charge in [-0.3, -0.25) is 4.79 Å². The summed E-state index contributed by atoms with van der Waals surface area (Å²) in [6.07, 6.45) is 0. The third kappa shape index (κ3) is 7.87. The maximum absolute atomic E-state index is 11.3. The van der Waals surface area contributed by atoms with Crippen LogP contribution in [-0.4, -0.2) is 41.4 Å². The molecule has 0 aromatic carbocycles. The van der Waals surface area contributed by atoms with Crippen molar-refractivity contribution in [2.75, 3.05) is 36.5 Å². The maximum atomic E-state index is 11.3. The van der Waals surface area contributed by atoms with Gasteiger partial charge in [0.2, 0.25) is 5.91 Å². The molecular formula is C15H29N3OS3. The van der Waals surface area contributed by atoms with Gasteiger partial charge in [-0.1, -0.05) is 27.7 Å². The minimum atomic E-state index is -0.137. The Balaban J connectivity index is 0.00000102. The lowest BCUT2D eigenvalue weighted by Gasteiger charge is -2.23. The summed E-state index contributed by atoms with van der Waals surface area (Å²) in [5.41, 5.74) is 6.19. The number of hydrogen-bond acceptors (Lipinski definition) is 6. The number of carbonyl (C=O) groups is 1. The van der Waals surface area contributed by atoms with Gasteiger partial charge in [0.05, 0.1) is 16.4 Å². The highest BCUT2D eigenvalue weighted by Crippen LogP contribution is 2.36. The lowest BCUT2D eigenvalue weighted by molar-refractivity contribution is -0.114. The number of aryl methyl sites for hydroxylation is 1. The Morgan fingerprint density at radius 2 is 1.91 bits per heavy atom. The van der Waals surface area contributed by atoms with Gasteiger partial charge in [0.1, 0.15) is 0 Å². The smallest absolute Gasteiger partial charge is 0.238 e. The number of anilines is 1. The molecule has 1 saturated heterocycles. The fourth-order valence-corrected chi connectivity index (χ4v) is 5.05. The van der Waals surface area contributed by atoms with E-state index in [0.717, 1.165) is 23.7 Å². The van der Waals surface area contributed by atoms with Crippen molar-refractivity contribution in [2.45, 2.75) is 38.8 Å². The summed E-state index contributed by atoms with van der Waals surface area (Å²) >= 11 is 5.52. The Labute approximate surface area is 147 Å². The molecule has 2 heterocycles. The minimum absolute atomic E-state index is 0.0289. The van der Waals surface area contributed by atoms with Crippen molar-refractivity contribution >= 4 is 46.6 Å². The molecule has 0 aliphatic carbocycles. The lowest BCUT2D eigenvalue weighted by atomic mass is 10.4. The number of nitrogens with one attached hydrogen (secondary N) is 1. The predicted molar refractivity (Wildman–Crippen MR) is 104 cm³/mol. The van der Waals surface area contributed by atoms with Crippen molar-refractivity contribution in [3.63, 3.8) is 0 Å².